The number of hydrogen-bond acceptors (Lipinski definition) is 2. The maximum absolute atomic E-state index is 6.53. The number of nitrogens with zero attached hydrogens (tertiary/aromatic N) is 4. The lowest BCUT2D eigenvalue weighted by Crippen LogP contribution is -2.25. The molecule has 180 valence electrons. The molecule has 3 aromatic heterocycles. The summed E-state index contributed by atoms with van der Waals surface area (Å²) in [4.78, 5) is 4.68. The molecular weight excluding hydrogens is 468 g/mol. The average Bonchev–Trinajstić information content (AvgIpc) is 3.48. The Morgan fingerprint density at radius 2 is 1.47 bits per heavy atom. The topological polar surface area (TPSA) is 35.9 Å². The van der Waals surface area contributed by atoms with E-state index in [1.54, 1.807) is 0 Å². The van der Waals surface area contributed by atoms with E-state index < -0.39 is 0 Å². The molecule has 0 amide bonds. The summed E-state index contributed by atoms with van der Waals surface area (Å²) in [6.45, 7) is 0. The van der Waals surface area contributed by atoms with E-state index in [9.17, 15) is 0 Å². The van der Waals surface area contributed by atoms with Crippen LogP contribution in [-0.2, 0) is 7.05 Å². The third-order valence-electron chi connectivity index (χ3n) is 7.39. The van der Waals surface area contributed by atoms with Gasteiger partial charge in [0.15, 0.2) is 11.0 Å². The van der Waals surface area contributed by atoms with Gasteiger partial charge in [0, 0.05) is 29.1 Å². The fourth-order valence-corrected chi connectivity index (χ4v) is 5.76. The molecular formula is C33H23N4O+. The first kappa shape index (κ1) is 21.0. The molecule has 3 heterocycles. The van der Waals surface area contributed by atoms with Crippen LogP contribution in [0.3, 0.4) is 0 Å². The fraction of sp³-hybridized carbons (Fsp3) is 0.0303. The van der Waals surface area contributed by atoms with Crippen LogP contribution in [0.4, 0.5) is 0 Å². The van der Waals surface area contributed by atoms with Gasteiger partial charge in [-0.25, -0.2) is 9.55 Å². The molecule has 5 nitrogen and oxygen atoms in total. The van der Waals surface area contributed by atoms with Crippen molar-refractivity contribution in [1.82, 2.24) is 14.1 Å². The number of aryl methyl sites for hydroxylation is 1. The first-order valence-corrected chi connectivity index (χ1v) is 12.7. The zero-order chi connectivity index (χ0) is 25.2. The van der Waals surface area contributed by atoms with Gasteiger partial charge in [0.1, 0.15) is 23.0 Å². The number of rotatable bonds is 4. The van der Waals surface area contributed by atoms with Crippen LogP contribution in [0.5, 0.6) is 11.5 Å². The molecule has 0 unspecified atom stereocenters. The molecule has 0 bridgehead atoms. The van der Waals surface area contributed by atoms with Gasteiger partial charge in [-0.15, -0.1) is 0 Å². The van der Waals surface area contributed by atoms with Crippen LogP contribution < -0.4 is 9.30 Å². The van der Waals surface area contributed by atoms with Crippen LogP contribution in [0.2, 0.25) is 0 Å². The summed E-state index contributed by atoms with van der Waals surface area (Å²) < 4.78 is 13.1. The van der Waals surface area contributed by atoms with Gasteiger partial charge in [-0.2, -0.15) is 4.57 Å². The van der Waals surface area contributed by atoms with Crippen LogP contribution in [0.25, 0.3) is 55.1 Å². The van der Waals surface area contributed by atoms with Gasteiger partial charge in [-0.05, 0) is 59.3 Å². The molecule has 8 rings (SSSR count). The van der Waals surface area contributed by atoms with Crippen molar-refractivity contribution in [3.05, 3.63) is 122 Å². The van der Waals surface area contributed by atoms with Gasteiger partial charge >= 0.3 is 0 Å². The maximum Gasteiger partial charge on any atom is 0.249 e. The lowest BCUT2D eigenvalue weighted by atomic mass is 10.0. The van der Waals surface area contributed by atoms with Gasteiger partial charge in [0.2, 0.25) is 6.33 Å². The van der Waals surface area contributed by atoms with Crippen molar-refractivity contribution in [3.63, 3.8) is 0 Å². The molecule has 0 aliphatic carbocycles. The second-order valence-corrected chi connectivity index (χ2v) is 9.69. The van der Waals surface area contributed by atoms with E-state index in [1.807, 2.05) is 30.5 Å². The largest absolute Gasteiger partial charge is 0.457 e. The Labute approximate surface area is 218 Å². The number of aromatic nitrogens is 4. The molecule has 0 spiro atoms. The Bertz CT molecular complexity index is 2120. The Morgan fingerprint density at radius 1 is 0.658 bits per heavy atom. The number of imidazole rings is 1. The normalized spacial score (nSPS) is 11.8. The fourth-order valence-electron chi connectivity index (χ4n) is 5.76. The zero-order valence-electron chi connectivity index (χ0n) is 20.7. The molecule has 0 fully saturated rings. The van der Waals surface area contributed by atoms with Crippen molar-refractivity contribution in [2.75, 3.05) is 0 Å². The van der Waals surface area contributed by atoms with Gasteiger partial charge in [-0.3, -0.25) is 4.57 Å². The number of hydrogen-bond donors (Lipinski definition) is 0. The highest BCUT2D eigenvalue weighted by atomic mass is 16.5. The summed E-state index contributed by atoms with van der Waals surface area (Å²) in [5.41, 5.74) is 5.61. The minimum atomic E-state index is 0.787. The molecule has 0 atom stereocenters. The summed E-state index contributed by atoms with van der Waals surface area (Å²) in [6.07, 6.45) is 3.94. The second kappa shape index (κ2) is 7.92. The lowest BCUT2D eigenvalue weighted by molar-refractivity contribution is -0.645. The monoisotopic (exact) mass is 491 g/mol. The Kier molecular flexibility index (Phi) is 4.37. The van der Waals surface area contributed by atoms with Crippen LogP contribution in [0.1, 0.15) is 0 Å². The summed E-state index contributed by atoms with van der Waals surface area (Å²) in [5, 5.41) is 4.86. The summed E-state index contributed by atoms with van der Waals surface area (Å²) >= 11 is 0. The zero-order valence-corrected chi connectivity index (χ0v) is 20.7. The Hall–Kier alpha value is -5.16. The van der Waals surface area contributed by atoms with E-state index in [4.69, 9.17) is 4.74 Å². The van der Waals surface area contributed by atoms with Crippen molar-refractivity contribution in [2.45, 2.75) is 0 Å². The minimum absolute atomic E-state index is 0.787. The minimum Gasteiger partial charge on any atom is -0.457 e. The number of pyridine rings is 1. The highest BCUT2D eigenvalue weighted by molar-refractivity contribution is 6.24. The molecule has 5 aromatic carbocycles. The van der Waals surface area contributed by atoms with Gasteiger partial charge in [0.25, 0.3) is 0 Å². The van der Waals surface area contributed by atoms with Crippen LogP contribution >= 0.6 is 0 Å². The average molecular weight is 492 g/mol. The summed E-state index contributed by atoms with van der Waals surface area (Å²) in [5.74, 6) is 2.47. The van der Waals surface area contributed by atoms with E-state index in [-0.39, 0.29) is 0 Å². The highest BCUT2D eigenvalue weighted by Crippen LogP contribution is 2.41. The summed E-state index contributed by atoms with van der Waals surface area (Å²) in [7, 11) is 2.07. The second-order valence-electron chi connectivity index (χ2n) is 9.69. The molecule has 0 saturated heterocycles. The predicted molar refractivity (Wildman–Crippen MR) is 152 cm³/mol. The van der Waals surface area contributed by atoms with Crippen molar-refractivity contribution in [3.8, 4) is 23.0 Å². The maximum atomic E-state index is 6.53. The molecule has 0 N–H and O–H groups in total. The molecule has 38 heavy (non-hydrogen) atoms. The van der Waals surface area contributed by atoms with Crippen molar-refractivity contribution in [1.29, 1.82) is 0 Å². The number of fused-ring (bicyclic) bond motifs is 1. The molecule has 5 heteroatoms. The number of ether oxygens (including phenoxy) is 1. The molecule has 0 saturated carbocycles. The van der Waals surface area contributed by atoms with Gasteiger partial charge in [-0.1, -0.05) is 48.5 Å². The third-order valence-corrected chi connectivity index (χ3v) is 7.39. The number of benzene rings is 5. The molecule has 0 aliphatic heterocycles. The lowest BCUT2D eigenvalue weighted by Gasteiger charge is -2.10. The SMILES string of the molecule is C[n+]1cn(-c2cccc(Oc3cc4ccc5cccc6c5c4c(c3)n6-c3ccccn3)c2)c2ccccc21. The van der Waals surface area contributed by atoms with Crippen molar-refractivity contribution >= 4 is 43.6 Å². The highest BCUT2D eigenvalue weighted by Gasteiger charge is 2.19. The first-order chi connectivity index (χ1) is 18.7. The van der Waals surface area contributed by atoms with Gasteiger partial charge in [0.05, 0.1) is 18.1 Å². The Morgan fingerprint density at radius 3 is 2.39 bits per heavy atom. The number of para-hydroxylation sites is 2. The van der Waals surface area contributed by atoms with E-state index in [0.717, 1.165) is 44.9 Å². The smallest absolute Gasteiger partial charge is 0.249 e. The van der Waals surface area contributed by atoms with Crippen LogP contribution in [0.15, 0.2) is 122 Å². The van der Waals surface area contributed by atoms with E-state index in [2.05, 4.69) is 117 Å². The van der Waals surface area contributed by atoms with E-state index in [0.29, 0.717) is 0 Å². The predicted octanol–water partition coefficient (Wildman–Crippen LogP) is 7.33. The van der Waals surface area contributed by atoms with Crippen molar-refractivity contribution < 1.29 is 9.30 Å². The Balaban J connectivity index is 1.29. The first-order valence-electron chi connectivity index (χ1n) is 12.7. The quantitative estimate of drug-likeness (QED) is 0.191. The summed E-state index contributed by atoms with van der Waals surface area (Å²) in [6, 6.07) is 37.8. The molecule has 0 radical (unpaired) electrons. The van der Waals surface area contributed by atoms with E-state index in [1.165, 1.54) is 21.7 Å². The van der Waals surface area contributed by atoms with Gasteiger partial charge < -0.3 is 4.74 Å². The standard InChI is InChI=1S/C33H23N4O/c1-35-21-36(28-12-3-2-11-27(28)35)24-9-7-10-25(19-24)38-26-18-23-16-15-22-8-6-13-29-32(22)33(23)30(20-26)37(29)31-14-4-5-17-34-31/h2-21H,1H3/q+1. The van der Waals surface area contributed by atoms with Crippen molar-refractivity contribution in [2.24, 2.45) is 7.05 Å². The van der Waals surface area contributed by atoms with Crippen LogP contribution in [0, 0.1) is 0 Å². The third kappa shape index (κ3) is 3.05. The molecule has 0 aliphatic rings. The van der Waals surface area contributed by atoms with Crippen LogP contribution in [-0.4, -0.2) is 14.1 Å². The molecule has 8 aromatic rings. The van der Waals surface area contributed by atoms with E-state index >= 15 is 0 Å².